The Labute approximate surface area is 170 Å². The highest BCUT2D eigenvalue weighted by Crippen LogP contribution is 2.44. The van der Waals surface area contributed by atoms with Gasteiger partial charge in [-0.15, -0.1) is 5.10 Å². The van der Waals surface area contributed by atoms with Gasteiger partial charge in [0.15, 0.2) is 0 Å². The van der Waals surface area contributed by atoms with Crippen molar-refractivity contribution in [1.82, 2.24) is 15.2 Å². The fourth-order valence-corrected chi connectivity index (χ4v) is 3.54. The van der Waals surface area contributed by atoms with Crippen LogP contribution in [0.5, 0.6) is 0 Å². The summed E-state index contributed by atoms with van der Waals surface area (Å²) in [5.74, 6) is 0.990. The van der Waals surface area contributed by atoms with Gasteiger partial charge < -0.3 is 20.6 Å². The Morgan fingerprint density at radius 3 is 2.66 bits per heavy atom. The highest BCUT2D eigenvalue weighted by Gasteiger charge is 2.28. The van der Waals surface area contributed by atoms with Crippen LogP contribution < -0.4 is 11.1 Å². The number of anilines is 2. The summed E-state index contributed by atoms with van der Waals surface area (Å²) >= 11 is 0. The van der Waals surface area contributed by atoms with Crippen molar-refractivity contribution in [2.75, 3.05) is 24.2 Å². The summed E-state index contributed by atoms with van der Waals surface area (Å²) < 4.78 is 5.74. The van der Waals surface area contributed by atoms with Crippen LogP contribution in [0.4, 0.5) is 11.7 Å². The molecule has 0 atom stereocenters. The number of aliphatic hydroxyl groups excluding tert-OH is 1. The minimum absolute atomic E-state index is 0.0600. The number of aromatic nitrogens is 3. The monoisotopic (exact) mass is 395 g/mol. The number of fused-ring (bicyclic) bond motifs is 1. The molecule has 29 heavy (non-hydrogen) atoms. The maximum atomic E-state index is 8.86. The van der Waals surface area contributed by atoms with Gasteiger partial charge in [0.2, 0.25) is 0 Å². The average molecular weight is 396 g/mol. The standard InChI is InChI=1S/C22H29N5O2/c1-22(2,3)16-11-14(13-6-7-13)10-15-17(23)12-18(25-19(15)16)20-26-27-21(29-20)24-8-4-5-9-28/h10-13,28H,4-9H2,1-3H3,(H2,23,25)(H,24,27). The molecule has 154 valence electrons. The number of nitrogens with zero attached hydrogens (tertiary/aromatic N) is 3. The third-order valence-corrected chi connectivity index (χ3v) is 5.33. The number of nitrogens with one attached hydrogen (secondary N) is 1. The van der Waals surface area contributed by atoms with E-state index in [1.807, 2.05) is 6.07 Å². The highest BCUT2D eigenvalue weighted by molar-refractivity contribution is 5.95. The van der Waals surface area contributed by atoms with Crippen molar-refractivity contribution in [3.63, 3.8) is 0 Å². The summed E-state index contributed by atoms with van der Waals surface area (Å²) in [6.07, 6.45) is 4.05. The fourth-order valence-electron chi connectivity index (χ4n) is 3.54. The van der Waals surface area contributed by atoms with Gasteiger partial charge in [-0.25, -0.2) is 4.98 Å². The molecule has 3 aromatic rings. The first kappa shape index (κ1) is 19.6. The van der Waals surface area contributed by atoms with Crippen molar-refractivity contribution in [2.45, 2.75) is 57.8 Å². The Balaban J connectivity index is 1.71. The van der Waals surface area contributed by atoms with Crippen molar-refractivity contribution in [1.29, 1.82) is 0 Å². The van der Waals surface area contributed by atoms with Gasteiger partial charge in [-0.2, -0.15) is 0 Å². The molecule has 4 N–H and O–H groups in total. The summed E-state index contributed by atoms with van der Waals surface area (Å²) in [6, 6.07) is 6.64. The quantitative estimate of drug-likeness (QED) is 0.514. The number of nitrogens with two attached hydrogens (primary N) is 1. The van der Waals surface area contributed by atoms with E-state index < -0.39 is 0 Å². The van der Waals surface area contributed by atoms with Gasteiger partial charge in [0.25, 0.3) is 5.89 Å². The molecule has 0 bridgehead atoms. The van der Waals surface area contributed by atoms with Crippen LogP contribution in [-0.2, 0) is 5.41 Å². The summed E-state index contributed by atoms with van der Waals surface area (Å²) in [7, 11) is 0. The Morgan fingerprint density at radius 2 is 1.97 bits per heavy atom. The largest absolute Gasteiger partial charge is 0.402 e. The first-order valence-corrected chi connectivity index (χ1v) is 10.3. The van der Waals surface area contributed by atoms with E-state index in [4.69, 9.17) is 20.2 Å². The van der Waals surface area contributed by atoms with Crippen LogP contribution in [0.3, 0.4) is 0 Å². The van der Waals surface area contributed by atoms with Gasteiger partial charge in [-0.3, -0.25) is 0 Å². The molecule has 1 aliphatic carbocycles. The molecule has 0 amide bonds. The van der Waals surface area contributed by atoms with E-state index in [2.05, 4.69) is 48.4 Å². The second-order valence-electron chi connectivity index (χ2n) is 8.86. The van der Waals surface area contributed by atoms with Crippen molar-refractivity contribution in [3.8, 4) is 11.6 Å². The van der Waals surface area contributed by atoms with Gasteiger partial charge in [-0.1, -0.05) is 31.9 Å². The van der Waals surface area contributed by atoms with Crippen LogP contribution in [0.25, 0.3) is 22.5 Å². The topological polar surface area (TPSA) is 110 Å². The van der Waals surface area contributed by atoms with Crippen molar-refractivity contribution < 1.29 is 9.52 Å². The minimum atomic E-state index is -0.0600. The molecule has 1 saturated carbocycles. The molecule has 7 heteroatoms. The lowest BCUT2D eigenvalue weighted by Crippen LogP contribution is -2.13. The van der Waals surface area contributed by atoms with Gasteiger partial charge >= 0.3 is 6.01 Å². The van der Waals surface area contributed by atoms with Crippen molar-refractivity contribution >= 4 is 22.6 Å². The Kier molecular flexibility index (Phi) is 5.17. The average Bonchev–Trinajstić information content (AvgIpc) is 3.42. The second kappa shape index (κ2) is 7.63. The zero-order valence-electron chi connectivity index (χ0n) is 17.3. The number of pyridine rings is 1. The smallest absolute Gasteiger partial charge is 0.315 e. The summed E-state index contributed by atoms with van der Waals surface area (Å²) in [5, 5.41) is 21.1. The van der Waals surface area contributed by atoms with Crippen LogP contribution in [0, 0.1) is 0 Å². The van der Waals surface area contributed by atoms with Gasteiger partial charge in [0.1, 0.15) is 5.69 Å². The van der Waals surface area contributed by atoms with Crippen LogP contribution >= 0.6 is 0 Å². The summed E-state index contributed by atoms with van der Waals surface area (Å²) in [5.41, 5.74) is 11.1. The molecule has 0 unspecified atom stereocenters. The molecule has 2 heterocycles. The number of nitrogen functional groups attached to an aromatic ring is 1. The molecule has 2 aromatic heterocycles. The van der Waals surface area contributed by atoms with E-state index in [9.17, 15) is 0 Å². The molecule has 0 aliphatic heterocycles. The lowest BCUT2D eigenvalue weighted by atomic mass is 9.83. The third kappa shape index (κ3) is 4.19. The fraction of sp³-hybridized carbons (Fsp3) is 0.500. The number of aliphatic hydroxyl groups is 1. The highest BCUT2D eigenvalue weighted by atomic mass is 16.4. The zero-order valence-corrected chi connectivity index (χ0v) is 17.3. The number of unbranched alkanes of at least 4 members (excludes halogenated alkanes) is 1. The van der Waals surface area contributed by atoms with Gasteiger partial charge in [0.05, 0.1) is 5.52 Å². The summed E-state index contributed by atoms with van der Waals surface area (Å²) in [6.45, 7) is 7.43. The SMILES string of the molecule is CC(C)(C)c1cc(C2CC2)cc2c(N)cc(-c3nnc(NCCCCO)o3)nc12. The number of hydrogen-bond acceptors (Lipinski definition) is 7. The zero-order chi connectivity index (χ0) is 20.6. The van der Waals surface area contributed by atoms with E-state index in [1.54, 1.807) is 0 Å². The molecule has 0 radical (unpaired) electrons. The van der Waals surface area contributed by atoms with Crippen molar-refractivity contribution in [3.05, 3.63) is 29.3 Å². The summed E-state index contributed by atoms with van der Waals surface area (Å²) in [4.78, 5) is 4.88. The van der Waals surface area contributed by atoms with Crippen molar-refractivity contribution in [2.24, 2.45) is 0 Å². The number of hydrogen-bond donors (Lipinski definition) is 3. The normalized spacial score (nSPS) is 14.5. The lowest BCUT2D eigenvalue weighted by molar-refractivity contribution is 0.286. The molecule has 1 aliphatic rings. The minimum Gasteiger partial charge on any atom is -0.402 e. The maximum absolute atomic E-state index is 8.86. The van der Waals surface area contributed by atoms with Gasteiger partial charge in [0, 0.05) is 24.2 Å². The maximum Gasteiger partial charge on any atom is 0.315 e. The van der Waals surface area contributed by atoms with Crippen LogP contribution in [-0.4, -0.2) is 33.4 Å². The Hall–Kier alpha value is -2.67. The van der Waals surface area contributed by atoms with Crippen LogP contribution in [0.1, 0.15) is 63.5 Å². The Bertz CT molecular complexity index is 1020. The van der Waals surface area contributed by atoms with E-state index in [-0.39, 0.29) is 12.0 Å². The number of rotatable bonds is 7. The molecular weight excluding hydrogens is 366 g/mol. The van der Waals surface area contributed by atoms with Crippen LogP contribution in [0.15, 0.2) is 22.6 Å². The molecule has 4 rings (SSSR count). The third-order valence-electron chi connectivity index (χ3n) is 5.33. The molecule has 0 spiro atoms. The molecule has 7 nitrogen and oxygen atoms in total. The predicted octanol–water partition coefficient (Wildman–Crippen LogP) is 4.23. The van der Waals surface area contributed by atoms with E-state index in [0.717, 1.165) is 23.7 Å². The molecule has 0 saturated heterocycles. The van der Waals surface area contributed by atoms with E-state index in [1.165, 1.54) is 24.0 Å². The molecule has 1 aromatic carbocycles. The van der Waals surface area contributed by atoms with Crippen LogP contribution in [0.2, 0.25) is 0 Å². The first-order chi connectivity index (χ1) is 13.9. The predicted molar refractivity (Wildman–Crippen MR) is 115 cm³/mol. The Morgan fingerprint density at radius 1 is 1.17 bits per heavy atom. The number of benzene rings is 1. The first-order valence-electron chi connectivity index (χ1n) is 10.3. The molecule has 1 fully saturated rings. The lowest BCUT2D eigenvalue weighted by Gasteiger charge is -2.23. The van der Waals surface area contributed by atoms with Gasteiger partial charge in [-0.05, 0) is 60.3 Å². The second-order valence-corrected chi connectivity index (χ2v) is 8.86. The molecular formula is C22H29N5O2. The van der Waals surface area contributed by atoms with E-state index in [0.29, 0.717) is 35.7 Å². The van der Waals surface area contributed by atoms with E-state index >= 15 is 0 Å².